The zero-order valence-electron chi connectivity index (χ0n) is 12.5. The highest BCUT2D eigenvalue weighted by atomic mass is 127. The molecule has 0 saturated heterocycles. The summed E-state index contributed by atoms with van der Waals surface area (Å²) in [6.45, 7) is 8.52. The van der Waals surface area contributed by atoms with Crippen LogP contribution in [0.1, 0.15) is 48.4 Å². The molecule has 0 aliphatic heterocycles. The Kier molecular flexibility index (Phi) is 9.43. The number of rotatable bonds is 4. The van der Waals surface area contributed by atoms with Crippen LogP contribution in [-0.2, 0) is 4.74 Å². The molecule has 1 rings (SSSR count). The quantitative estimate of drug-likeness (QED) is 0.360. The van der Waals surface area contributed by atoms with E-state index in [-0.39, 0.29) is 8.99 Å². The largest absolute Gasteiger partial charge is 0.478 e. The topological polar surface area (TPSA) is 63.6 Å². The standard InChI is InChI=1S/C12H13IO4.C3H7I/c1-12(2,13)7-17-11(16)9-5-3-8(4-6-9)10(14)15;1-3(2)4/h3-6H,7H2,1-2H3,(H,14,15);3H,1-2H3. The minimum atomic E-state index is -1.02. The molecule has 118 valence electrons. The Morgan fingerprint density at radius 2 is 1.57 bits per heavy atom. The van der Waals surface area contributed by atoms with Gasteiger partial charge in [0.15, 0.2) is 0 Å². The van der Waals surface area contributed by atoms with Crippen LogP contribution in [0, 0.1) is 0 Å². The SMILES string of the molecule is CC(C)(I)COC(=O)c1ccc(C(=O)O)cc1.CC(C)I. The van der Waals surface area contributed by atoms with Gasteiger partial charge in [-0.25, -0.2) is 9.59 Å². The molecule has 1 aromatic rings. The Labute approximate surface area is 152 Å². The monoisotopic (exact) mass is 518 g/mol. The molecule has 0 bridgehead atoms. The van der Waals surface area contributed by atoms with Gasteiger partial charge in [0.05, 0.1) is 14.5 Å². The molecule has 0 aliphatic carbocycles. The zero-order chi connectivity index (χ0) is 16.6. The summed E-state index contributed by atoms with van der Waals surface area (Å²) in [5, 5.41) is 8.71. The van der Waals surface area contributed by atoms with Crippen molar-refractivity contribution < 1.29 is 19.4 Å². The summed E-state index contributed by atoms with van der Waals surface area (Å²) >= 11 is 4.53. The van der Waals surface area contributed by atoms with Gasteiger partial charge in [-0.1, -0.05) is 59.0 Å². The van der Waals surface area contributed by atoms with Crippen LogP contribution in [0.15, 0.2) is 24.3 Å². The Bertz CT molecular complexity index is 459. The minimum absolute atomic E-state index is 0.117. The van der Waals surface area contributed by atoms with E-state index in [1.54, 1.807) is 0 Å². The molecule has 0 aliphatic rings. The smallest absolute Gasteiger partial charge is 0.338 e. The average Bonchev–Trinajstić information content (AvgIpc) is 2.34. The van der Waals surface area contributed by atoms with E-state index in [4.69, 9.17) is 9.84 Å². The predicted octanol–water partition coefficient (Wildman–Crippen LogP) is 4.59. The van der Waals surface area contributed by atoms with Crippen molar-refractivity contribution in [3.05, 3.63) is 35.4 Å². The van der Waals surface area contributed by atoms with E-state index in [1.165, 1.54) is 24.3 Å². The number of ether oxygens (including phenoxy) is 1. The van der Waals surface area contributed by atoms with E-state index in [9.17, 15) is 9.59 Å². The van der Waals surface area contributed by atoms with Crippen LogP contribution in [-0.4, -0.2) is 31.0 Å². The highest BCUT2D eigenvalue weighted by Gasteiger charge is 2.16. The lowest BCUT2D eigenvalue weighted by Gasteiger charge is -2.15. The molecule has 0 unspecified atom stereocenters. The molecule has 0 amide bonds. The lowest BCUT2D eigenvalue weighted by Crippen LogP contribution is -2.21. The summed E-state index contributed by atoms with van der Waals surface area (Å²) < 4.78 is 5.79. The number of hydrogen-bond donors (Lipinski definition) is 1. The molecule has 0 saturated carbocycles. The van der Waals surface area contributed by atoms with Gasteiger partial charge in [-0.15, -0.1) is 0 Å². The fourth-order valence-corrected chi connectivity index (χ4v) is 1.23. The third kappa shape index (κ3) is 10.9. The van der Waals surface area contributed by atoms with Crippen molar-refractivity contribution in [2.45, 2.75) is 35.0 Å². The van der Waals surface area contributed by atoms with E-state index in [0.29, 0.717) is 12.2 Å². The number of esters is 1. The van der Waals surface area contributed by atoms with Crippen molar-refractivity contribution in [1.29, 1.82) is 0 Å². The zero-order valence-corrected chi connectivity index (χ0v) is 16.8. The maximum Gasteiger partial charge on any atom is 0.338 e. The van der Waals surface area contributed by atoms with Crippen LogP contribution in [0.25, 0.3) is 0 Å². The molecule has 0 aromatic heterocycles. The molecular formula is C15H20I2O4. The Balaban J connectivity index is 0.000000885. The van der Waals surface area contributed by atoms with Gasteiger partial charge < -0.3 is 9.84 Å². The van der Waals surface area contributed by atoms with Gasteiger partial charge in [-0.3, -0.25) is 0 Å². The number of aromatic carboxylic acids is 1. The third-order valence-electron chi connectivity index (χ3n) is 1.91. The highest BCUT2D eigenvalue weighted by molar-refractivity contribution is 14.1. The molecule has 6 heteroatoms. The maximum atomic E-state index is 11.6. The number of carboxylic acid groups (broad SMARTS) is 1. The van der Waals surface area contributed by atoms with Crippen molar-refractivity contribution in [2.24, 2.45) is 0 Å². The first-order chi connectivity index (χ1) is 9.53. The molecular weight excluding hydrogens is 498 g/mol. The molecule has 0 spiro atoms. The minimum Gasteiger partial charge on any atom is -0.478 e. The molecule has 4 nitrogen and oxygen atoms in total. The third-order valence-corrected chi connectivity index (χ3v) is 2.23. The van der Waals surface area contributed by atoms with E-state index in [2.05, 4.69) is 59.0 Å². The number of carboxylic acids is 1. The van der Waals surface area contributed by atoms with E-state index < -0.39 is 11.9 Å². The second-order valence-electron chi connectivity index (χ2n) is 5.19. The first-order valence-corrected chi connectivity index (χ1v) is 8.69. The van der Waals surface area contributed by atoms with Crippen LogP contribution in [0.3, 0.4) is 0 Å². The Morgan fingerprint density at radius 3 is 1.90 bits per heavy atom. The molecule has 0 atom stereocenters. The second-order valence-corrected chi connectivity index (χ2v) is 10.6. The van der Waals surface area contributed by atoms with Crippen molar-refractivity contribution in [2.75, 3.05) is 6.61 Å². The van der Waals surface area contributed by atoms with Crippen molar-refractivity contribution in [3.63, 3.8) is 0 Å². The molecule has 0 fully saturated rings. The Morgan fingerprint density at radius 1 is 1.19 bits per heavy atom. The average molecular weight is 518 g/mol. The molecule has 1 N–H and O–H groups in total. The molecule has 0 heterocycles. The van der Waals surface area contributed by atoms with Gasteiger partial charge in [0.25, 0.3) is 0 Å². The van der Waals surface area contributed by atoms with Crippen molar-refractivity contribution >= 4 is 57.1 Å². The summed E-state index contributed by atoms with van der Waals surface area (Å²) in [5.41, 5.74) is 0.506. The van der Waals surface area contributed by atoms with Crippen LogP contribution in [0.4, 0.5) is 0 Å². The van der Waals surface area contributed by atoms with Gasteiger partial charge in [0, 0.05) is 3.92 Å². The van der Waals surface area contributed by atoms with Crippen LogP contribution in [0.2, 0.25) is 0 Å². The number of hydrogen-bond acceptors (Lipinski definition) is 3. The fourth-order valence-electron chi connectivity index (χ4n) is 1.07. The Hall–Kier alpha value is -0.380. The number of carbonyl (C=O) groups excluding carboxylic acids is 1. The normalized spacial score (nSPS) is 10.6. The lowest BCUT2D eigenvalue weighted by molar-refractivity contribution is 0.0484. The van der Waals surface area contributed by atoms with Gasteiger partial charge in [0.1, 0.15) is 6.61 Å². The first-order valence-electron chi connectivity index (χ1n) is 6.36. The summed E-state index contributed by atoms with van der Waals surface area (Å²) in [6.07, 6.45) is 0. The number of halogens is 2. The lowest BCUT2D eigenvalue weighted by atomic mass is 10.1. The molecule has 1 aromatic carbocycles. The second kappa shape index (κ2) is 9.60. The van der Waals surface area contributed by atoms with Gasteiger partial charge >= 0.3 is 11.9 Å². The van der Waals surface area contributed by atoms with Crippen LogP contribution < -0.4 is 0 Å². The van der Waals surface area contributed by atoms with Crippen LogP contribution >= 0.6 is 45.2 Å². The van der Waals surface area contributed by atoms with Crippen LogP contribution in [0.5, 0.6) is 0 Å². The highest BCUT2D eigenvalue weighted by Crippen LogP contribution is 2.17. The number of alkyl halides is 2. The van der Waals surface area contributed by atoms with E-state index >= 15 is 0 Å². The van der Waals surface area contributed by atoms with Crippen molar-refractivity contribution in [3.8, 4) is 0 Å². The van der Waals surface area contributed by atoms with Gasteiger partial charge in [-0.05, 0) is 38.1 Å². The number of benzene rings is 1. The molecule has 0 radical (unpaired) electrons. The van der Waals surface area contributed by atoms with Gasteiger partial charge in [0.2, 0.25) is 0 Å². The van der Waals surface area contributed by atoms with Crippen molar-refractivity contribution in [1.82, 2.24) is 0 Å². The number of carbonyl (C=O) groups is 2. The predicted molar refractivity (Wildman–Crippen MR) is 101 cm³/mol. The summed E-state index contributed by atoms with van der Waals surface area (Å²) in [5.74, 6) is -1.45. The van der Waals surface area contributed by atoms with Gasteiger partial charge in [-0.2, -0.15) is 0 Å². The fraction of sp³-hybridized carbons (Fsp3) is 0.467. The first kappa shape index (κ1) is 20.6. The maximum absolute atomic E-state index is 11.6. The summed E-state index contributed by atoms with van der Waals surface area (Å²) in [4.78, 5) is 22.2. The summed E-state index contributed by atoms with van der Waals surface area (Å²) in [7, 11) is 0. The molecule has 21 heavy (non-hydrogen) atoms. The van der Waals surface area contributed by atoms with E-state index in [0.717, 1.165) is 3.92 Å². The summed E-state index contributed by atoms with van der Waals surface area (Å²) in [6, 6.07) is 5.67. The van der Waals surface area contributed by atoms with E-state index in [1.807, 2.05) is 13.8 Å².